The molecule has 0 bridgehead atoms. The Labute approximate surface area is 170 Å². The first-order valence-corrected chi connectivity index (χ1v) is 9.66. The second-order valence-corrected chi connectivity index (χ2v) is 6.83. The van der Waals surface area contributed by atoms with Gasteiger partial charge in [0.1, 0.15) is 12.4 Å². The van der Waals surface area contributed by atoms with Crippen LogP contribution < -0.4 is 15.1 Å². The Hall–Kier alpha value is -3.41. The average molecular weight is 391 g/mol. The smallest absolute Gasteiger partial charge is 0.245 e. The van der Waals surface area contributed by atoms with Crippen molar-refractivity contribution in [2.45, 2.75) is 19.8 Å². The number of nitrogens with one attached hydrogen (secondary N) is 1. The molecule has 6 heteroatoms. The number of carbonyl (C=O) groups is 2. The molecule has 0 spiro atoms. The van der Waals surface area contributed by atoms with Gasteiger partial charge in [0.15, 0.2) is 0 Å². The highest BCUT2D eigenvalue weighted by Crippen LogP contribution is 2.25. The second kappa shape index (κ2) is 9.68. The van der Waals surface area contributed by atoms with Crippen LogP contribution in [0.5, 0.6) is 5.75 Å². The topological polar surface area (TPSA) is 71.0 Å². The Balaban J connectivity index is 1.53. The lowest BCUT2D eigenvalue weighted by atomic mass is 10.1. The predicted octanol–water partition coefficient (Wildman–Crippen LogP) is 3.32. The summed E-state index contributed by atoms with van der Waals surface area (Å²) in [6.45, 7) is 6.50. The van der Waals surface area contributed by atoms with Crippen molar-refractivity contribution in [3.05, 3.63) is 72.3 Å². The SMILES string of the molecule is C=CCOc1ccc(/C=N/NC(=O)[C@H]2CC(=O)N(c3ccc(CC)cc3)C2)cc1. The second-order valence-electron chi connectivity index (χ2n) is 6.83. The van der Waals surface area contributed by atoms with Gasteiger partial charge in [0.25, 0.3) is 0 Å². The van der Waals surface area contributed by atoms with Crippen LogP contribution in [-0.4, -0.2) is 31.2 Å². The summed E-state index contributed by atoms with van der Waals surface area (Å²) in [5.41, 5.74) is 5.41. The van der Waals surface area contributed by atoms with Crippen LogP contribution in [0.15, 0.2) is 66.3 Å². The Bertz CT molecular complexity index is 889. The number of hydrogen-bond donors (Lipinski definition) is 1. The highest BCUT2D eigenvalue weighted by atomic mass is 16.5. The molecule has 2 aromatic rings. The van der Waals surface area contributed by atoms with E-state index in [-0.39, 0.29) is 18.2 Å². The van der Waals surface area contributed by atoms with Gasteiger partial charge in [-0.2, -0.15) is 5.10 Å². The number of ether oxygens (including phenoxy) is 1. The fraction of sp³-hybridized carbons (Fsp3) is 0.261. The van der Waals surface area contributed by atoms with Gasteiger partial charge in [-0.25, -0.2) is 5.43 Å². The molecule has 0 saturated carbocycles. The van der Waals surface area contributed by atoms with Crippen LogP contribution in [0.25, 0.3) is 0 Å². The number of nitrogens with zero attached hydrogens (tertiary/aromatic N) is 2. The molecule has 1 saturated heterocycles. The van der Waals surface area contributed by atoms with Gasteiger partial charge in [0, 0.05) is 18.7 Å². The third-order valence-corrected chi connectivity index (χ3v) is 4.79. The van der Waals surface area contributed by atoms with Crippen LogP contribution in [0.1, 0.15) is 24.5 Å². The van der Waals surface area contributed by atoms with Crippen LogP contribution in [0.4, 0.5) is 5.69 Å². The van der Waals surface area contributed by atoms with Gasteiger partial charge in [-0.15, -0.1) is 0 Å². The lowest BCUT2D eigenvalue weighted by Crippen LogP contribution is -2.30. The Morgan fingerprint density at radius 2 is 1.97 bits per heavy atom. The van der Waals surface area contributed by atoms with Crippen molar-refractivity contribution >= 4 is 23.7 Å². The maximum Gasteiger partial charge on any atom is 0.245 e. The first kappa shape index (κ1) is 20.3. The van der Waals surface area contributed by atoms with Crippen molar-refractivity contribution in [1.29, 1.82) is 0 Å². The van der Waals surface area contributed by atoms with Crippen molar-refractivity contribution in [3.8, 4) is 5.75 Å². The van der Waals surface area contributed by atoms with E-state index in [0.29, 0.717) is 13.2 Å². The molecular weight excluding hydrogens is 366 g/mol. The summed E-state index contributed by atoms with van der Waals surface area (Å²) in [6.07, 6.45) is 4.38. The number of amides is 2. The third kappa shape index (κ3) is 5.31. The summed E-state index contributed by atoms with van der Waals surface area (Å²) < 4.78 is 5.42. The predicted molar refractivity (Wildman–Crippen MR) is 114 cm³/mol. The molecule has 0 radical (unpaired) electrons. The zero-order chi connectivity index (χ0) is 20.6. The van der Waals surface area contributed by atoms with E-state index in [1.807, 2.05) is 48.5 Å². The lowest BCUT2D eigenvalue weighted by molar-refractivity contribution is -0.126. The number of benzene rings is 2. The van der Waals surface area contributed by atoms with E-state index in [0.717, 1.165) is 23.4 Å². The maximum atomic E-state index is 12.4. The molecule has 2 aromatic carbocycles. The van der Waals surface area contributed by atoms with E-state index in [1.165, 1.54) is 5.56 Å². The van der Waals surface area contributed by atoms with E-state index in [2.05, 4.69) is 24.0 Å². The van der Waals surface area contributed by atoms with Gasteiger partial charge >= 0.3 is 0 Å². The maximum absolute atomic E-state index is 12.4. The van der Waals surface area contributed by atoms with Crippen LogP contribution in [0.2, 0.25) is 0 Å². The third-order valence-electron chi connectivity index (χ3n) is 4.79. The van der Waals surface area contributed by atoms with Crippen molar-refractivity contribution in [2.24, 2.45) is 11.0 Å². The summed E-state index contributed by atoms with van der Waals surface area (Å²) in [4.78, 5) is 26.4. The molecule has 29 heavy (non-hydrogen) atoms. The molecule has 0 aliphatic carbocycles. The van der Waals surface area contributed by atoms with Gasteiger partial charge in [-0.1, -0.05) is 31.7 Å². The van der Waals surface area contributed by atoms with Crippen molar-refractivity contribution in [1.82, 2.24) is 5.43 Å². The fourth-order valence-corrected chi connectivity index (χ4v) is 3.11. The first-order valence-electron chi connectivity index (χ1n) is 9.66. The van der Waals surface area contributed by atoms with E-state index in [4.69, 9.17) is 4.74 Å². The van der Waals surface area contributed by atoms with Crippen LogP contribution in [0.3, 0.4) is 0 Å². The summed E-state index contributed by atoms with van der Waals surface area (Å²) in [5, 5.41) is 4.01. The quantitative estimate of drug-likeness (QED) is 0.426. The molecule has 3 rings (SSSR count). The first-order chi connectivity index (χ1) is 14.1. The summed E-state index contributed by atoms with van der Waals surface area (Å²) in [7, 11) is 0. The number of anilines is 1. The molecule has 1 aliphatic rings. The van der Waals surface area contributed by atoms with Crippen LogP contribution in [0, 0.1) is 5.92 Å². The normalized spacial score (nSPS) is 16.2. The van der Waals surface area contributed by atoms with E-state index < -0.39 is 5.92 Å². The molecule has 150 valence electrons. The van der Waals surface area contributed by atoms with Crippen LogP contribution >= 0.6 is 0 Å². The minimum absolute atomic E-state index is 0.0477. The molecule has 2 amide bonds. The fourth-order valence-electron chi connectivity index (χ4n) is 3.11. The van der Waals surface area contributed by atoms with Crippen molar-refractivity contribution in [3.63, 3.8) is 0 Å². The van der Waals surface area contributed by atoms with Gasteiger partial charge in [0.05, 0.1) is 12.1 Å². The van der Waals surface area contributed by atoms with Gasteiger partial charge in [-0.3, -0.25) is 9.59 Å². The monoisotopic (exact) mass is 391 g/mol. The number of aryl methyl sites for hydroxylation is 1. The highest BCUT2D eigenvalue weighted by molar-refractivity contribution is 6.00. The molecule has 6 nitrogen and oxygen atoms in total. The highest BCUT2D eigenvalue weighted by Gasteiger charge is 2.35. The van der Waals surface area contributed by atoms with Gasteiger partial charge < -0.3 is 9.64 Å². The lowest BCUT2D eigenvalue weighted by Gasteiger charge is -2.16. The zero-order valence-electron chi connectivity index (χ0n) is 16.5. The summed E-state index contributed by atoms with van der Waals surface area (Å²) in [5.74, 6) is 0.0181. The van der Waals surface area contributed by atoms with Crippen LogP contribution in [-0.2, 0) is 16.0 Å². The molecule has 0 unspecified atom stereocenters. The molecule has 1 N–H and O–H groups in total. The average Bonchev–Trinajstić information content (AvgIpc) is 3.15. The van der Waals surface area contributed by atoms with E-state index in [1.54, 1.807) is 17.2 Å². The van der Waals surface area contributed by atoms with Crippen molar-refractivity contribution < 1.29 is 14.3 Å². The Morgan fingerprint density at radius 3 is 2.62 bits per heavy atom. The Morgan fingerprint density at radius 1 is 1.24 bits per heavy atom. The molecule has 1 aliphatic heterocycles. The number of rotatable bonds is 8. The molecule has 0 aromatic heterocycles. The molecular formula is C23H25N3O3. The molecule has 1 atom stereocenters. The Kier molecular flexibility index (Phi) is 6.79. The number of hydrazone groups is 1. The number of carbonyl (C=O) groups excluding carboxylic acids is 2. The summed E-state index contributed by atoms with van der Waals surface area (Å²) >= 11 is 0. The molecule has 1 heterocycles. The minimum atomic E-state index is -0.416. The molecule has 1 fully saturated rings. The largest absolute Gasteiger partial charge is 0.490 e. The van der Waals surface area contributed by atoms with Crippen molar-refractivity contribution in [2.75, 3.05) is 18.1 Å². The van der Waals surface area contributed by atoms with Gasteiger partial charge in [-0.05, 0) is 53.9 Å². The van der Waals surface area contributed by atoms with Gasteiger partial charge in [0.2, 0.25) is 11.8 Å². The van der Waals surface area contributed by atoms with E-state index in [9.17, 15) is 9.59 Å². The standard InChI is InChI=1S/C23H25N3O3/c1-3-13-29-21-11-7-18(8-12-21)15-24-25-23(28)19-14-22(27)26(16-19)20-9-5-17(4-2)6-10-20/h3,5-12,15,19H,1,4,13-14,16H2,2H3,(H,25,28)/b24-15+/t19-/m0/s1. The van der Waals surface area contributed by atoms with E-state index >= 15 is 0 Å². The zero-order valence-corrected chi connectivity index (χ0v) is 16.5. The minimum Gasteiger partial charge on any atom is -0.490 e. The number of hydrogen-bond acceptors (Lipinski definition) is 4. The summed E-state index contributed by atoms with van der Waals surface area (Å²) in [6, 6.07) is 15.2.